The van der Waals surface area contributed by atoms with Crippen molar-refractivity contribution in [3.05, 3.63) is 24.0 Å². The fourth-order valence-corrected chi connectivity index (χ4v) is 1.46. The summed E-state index contributed by atoms with van der Waals surface area (Å²) in [6.45, 7) is -0.116. The molecule has 3 amide bonds. The van der Waals surface area contributed by atoms with E-state index < -0.39 is 17.8 Å². The summed E-state index contributed by atoms with van der Waals surface area (Å²) in [5.74, 6) is -0.757. The Balaban J connectivity index is 2.46. The highest BCUT2D eigenvalue weighted by Gasteiger charge is 2.32. The smallest absolute Gasteiger partial charge is 0.329 e. The lowest BCUT2D eigenvalue weighted by molar-refractivity contribution is -0.115. The van der Waals surface area contributed by atoms with Crippen LogP contribution in [0.4, 0.5) is 14.9 Å². The molecule has 1 saturated heterocycles. The fraction of sp³-hybridized carbons (Fsp3) is 0.200. The Hall–Kier alpha value is -2.11. The molecule has 1 aliphatic rings. The van der Waals surface area contributed by atoms with Gasteiger partial charge in [-0.25, -0.2) is 14.1 Å². The molecular weight excluding hydrogens is 215 g/mol. The van der Waals surface area contributed by atoms with E-state index in [0.29, 0.717) is 5.75 Å². The summed E-state index contributed by atoms with van der Waals surface area (Å²) in [5.41, 5.74) is -0.0978. The number of hydrogen-bond donors (Lipinski definition) is 1. The van der Waals surface area contributed by atoms with Crippen LogP contribution in [0.1, 0.15) is 0 Å². The van der Waals surface area contributed by atoms with Crippen LogP contribution in [0.2, 0.25) is 0 Å². The second-order valence-electron chi connectivity index (χ2n) is 3.21. The predicted octanol–water partition coefficient (Wildman–Crippen LogP) is 0.891. The van der Waals surface area contributed by atoms with E-state index in [1.807, 2.05) is 0 Å². The zero-order chi connectivity index (χ0) is 11.7. The fourth-order valence-electron chi connectivity index (χ4n) is 1.46. The first-order chi connectivity index (χ1) is 7.63. The number of hydrogen-bond acceptors (Lipinski definition) is 3. The number of carbonyl (C=O) groups excluding carboxylic acids is 2. The third-order valence-electron chi connectivity index (χ3n) is 2.24. The number of benzene rings is 1. The highest BCUT2D eigenvalue weighted by atomic mass is 19.1. The van der Waals surface area contributed by atoms with Crippen LogP contribution in [-0.4, -0.2) is 25.6 Å². The van der Waals surface area contributed by atoms with Gasteiger partial charge in [0.2, 0.25) is 0 Å². The molecule has 1 aromatic rings. The molecule has 1 aromatic carbocycles. The van der Waals surface area contributed by atoms with Gasteiger partial charge in [-0.2, -0.15) is 0 Å². The van der Waals surface area contributed by atoms with E-state index >= 15 is 0 Å². The number of amides is 3. The molecule has 1 N–H and O–H groups in total. The van der Waals surface area contributed by atoms with Gasteiger partial charge in [-0.1, -0.05) is 0 Å². The van der Waals surface area contributed by atoms with Crippen LogP contribution in [0.15, 0.2) is 18.2 Å². The Bertz CT molecular complexity index is 445. The summed E-state index contributed by atoms with van der Waals surface area (Å²) in [6.07, 6.45) is 0. The van der Waals surface area contributed by atoms with Crippen LogP contribution < -0.4 is 15.0 Å². The average molecular weight is 224 g/mol. The lowest BCUT2D eigenvalue weighted by Gasteiger charge is -2.14. The van der Waals surface area contributed by atoms with E-state index in [9.17, 15) is 14.0 Å². The van der Waals surface area contributed by atoms with Gasteiger partial charge in [-0.15, -0.1) is 0 Å². The van der Waals surface area contributed by atoms with E-state index in [0.717, 1.165) is 11.0 Å². The van der Waals surface area contributed by atoms with Crippen molar-refractivity contribution in [2.45, 2.75) is 0 Å². The summed E-state index contributed by atoms with van der Waals surface area (Å²) in [7, 11) is 1.42. The molecule has 5 nitrogen and oxygen atoms in total. The van der Waals surface area contributed by atoms with Crippen LogP contribution in [0.5, 0.6) is 5.75 Å². The monoisotopic (exact) mass is 224 g/mol. The summed E-state index contributed by atoms with van der Waals surface area (Å²) in [5, 5.41) is 2.31. The van der Waals surface area contributed by atoms with Crippen LogP contribution in [-0.2, 0) is 4.79 Å². The summed E-state index contributed by atoms with van der Waals surface area (Å²) >= 11 is 0. The third kappa shape index (κ3) is 1.58. The Kier molecular flexibility index (Phi) is 2.47. The lowest BCUT2D eigenvalue weighted by Crippen LogP contribution is -2.31. The Morgan fingerprint density at radius 3 is 2.75 bits per heavy atom. The second-order valence-corrected chi connectivity index (χ2v) is 3.21. The Labute approximate surface area is 90.8 Å². The van der Waals surface area contributed by atoms with Crippen molar-refractivity contribution >= 4 is 17.6 Å². The highest BCUT2D eigenvalue weighted by molar-refractivity contribution is 6.19. The molecule has 84 valence electrons. The van der Waals surface area contributed by atoms with Gasteiger partial charge in [-0.3, -0.25) is 4.79 Å². The minimum atomic E-state index is -0.647. The van der Waals surface area contributed by atoms with Gasteiger partial charge < -0.3 is 10.1 Å². The third-order valence-corrected chi connectivity index (χ3v) is 2.24. The van der Waals surface area contributed by atoms with E-state index in [1.54, 1.807) is 0 Å². The predicted molar refractivity (Wildman–Crippen MR) is 53.8 cm³/mol. The van der Waals surface area contributed by atoms with Crippen molar-refractivity contribution in [2.24, 2.45) is 0 Å². The summed E-state index contributed by atoms with van der Waals surface area (Å²) in [6, 6.07) is 3.24. The molecular formula is C10H9FN2O3. The van der Waals surface area contributed by atoms with Crippen molar-refractivity contribution in [3.63, 3.8) is 0 Å². The van der Waals surface area contributed by atoms with Crippen molar-refractivity contribution < 1.29 is 18.7 Å². The SMILES string of the molecule is COc1ccc(F)c(N2C(=O)CNC2=O)c1. The minimum absolute atomic E-state index is 0.0978. The standard InChI is InChI=1S/C10H9FN2O3/c1-16-6-2-3-7(11)8(4-6)13-9(14)5-12-10(13)15/h2-4H,5H2,1H3,(H,12,15). The highest BCUT2D eigenvalue weighted by Crippen LogP contribution is 2.26. The number of nitrogens with one attached hydrogen (secondary N) is 1. The Morgan fingerprint density at radius 1 is 1.44 bits per heavy atom. The number of anilines is 1. The molecule has 0 unspecified atom stereocenters. The quantitative estimate of drug-likeness (QED) is 0.759. The molecule has 1 heterocycles. The molecule has 0 aromatic heterocycles. The van der Waals surface area contributed by atoms with Gasteiger partial charge in [0.15, 0.2) is 0 Å². The summed E-state index contributed by atoms with van der Waals surface area (Å²) in [4.78, 5) is 23.5. The maximum atomic E-state index is 13.5. The largest absolute Gasteiger partial charge is 0.497 e. The molecule has 16 heavy (non-hydrogen) atoms. The normalized spacial score (nSPS) is 15.2. The maximum absolute atomic E-state index is 13.5. The molecule has 0 radical (unpaired) electrons. The topological polar surface area (TPSA) is 58.6 Å². The number of rotatable bonds is 2. The molecule has 1 fully saturated rings. The van der Waals surface area contributed by atoms with Gasteiger partial charge in [0, 0.05) is 6.07 Å². The average Bonchev–Trinajstić information content (AvgIpc) is 2.60. The first kappa shape index (κ1) is 10.4. The van der Waals surface area contributed by atoms with Gasteiger partial charge in [0.1, 0.15) is 11.6 Å². The molecule has 0 spiro atoms. The van der Waals surface area contributed by atoms with Crippen molar-refractivity contribution in [3.8, 4) is 5.75 Å². The first-order valence-corrected chi connectivity index (χ1v) is 4.58. The number of urea groups is 1. The number of nitrogens with zero attached hydrogens (tertiary/aromatic N) is 1. The van der Waals surface area contributed by atoms with Crippen LogP contribution in [0, 0.1) is 5.82 Å². The van der Waals surface area contributed by atoms with E-state index in [2.05, 4.69) is 5.32 Å². The van der Waals surface area contributed by atoms with Gasteiger partial charge in [0.05, 0.1) is 19.3 Å². The van der Waals surface area contributed by atoms with Crippen LogP contribution in [0.3, 0.4) is 0 Å². The summed E-state index contributed by atoms with van der Waals surface area (Å²) < 4.78 is 18.4. The number of carbonyl (C=O) groups is 2. The number of methoxy groups -OCH3 is 1. The van der Waals surface area contributed by atoms with Crippen LogP contribution >= 0.6 is 0 Å². The van der Waals surface area contributed by atoms with Gasteiger partial charge in [0.25, 0.3) is 5.91 Å². The maximum Gasteiger partial charge on any atom is 0.329 e. The molecule has 0 atom stereocenters. The number of ether oxygens (including phenoxy) is 1. The molecule has 0 saturated carbocycles. The van der Waals surface area contributed by atoms with E-state index in [4.69, 9.17) is 4.74 Å². The second kappa shape index (κ2) is 3.80. The van der Waals surface area contributed by atoms with Crippen LogP contribution in [0.25, 0.3) is 0 Å². The van der Waals surface area contributed by atoms with Crippen molar-refractivity contribution in [1.29, 1.82) is 0 Å². The lowest BCUT2D eigenvalue weighted by atomic mass is 10.2. The van der Waals surface area contributed by atoms with E-state index in [-0.39, 0.29) is 12.2 Å². The zero-order valence-electron chi connectivity index (χ0n) is 8.49. The van der Waals surface area contributed by atoms with Gasteiger partial charge in [-0.05, 0) is 12.1 Å². The molecule has 0 aliphatic carbocycles. The number of imide groups is 1. The van der Waals surface area contributed by atoms with Crippen molar-refractivity contribution in [2.75, 3.05) is 18.6 Å². The van der Waals surface area contributed by atoms with Crippen molar-refractivity contribution in [1.82, 2.24) is 5.32 Å². The zero-order valence-corrected chi connectivity index (χ0v) is 8.49. The molecule has 6 heteroatoms. The van der Waals surface area contributed by atoms with E-state index in [1.165, 1.54) is 19.2 Å². The molecule has 0 bridgehead atoms. The first-order valence-electron chi connectivity index (χ1n) is 4.58. The minimum Gasteiger partial charge on any atom is -0.497 e. The number of halogens is 1. The Morgan fingerprint density at radius 2 is 2.19 bits per heavy atom. The van der Waals surface area contributed by atoms with Gasteiger partial charge >= 0.3 is 6.03 Å². The molecule has 1 aliphatic heterocycles. The molecule has 2 rings (SSSR count).